The van der Waals surface area contributed by atoms with E-state index in [2.05, 4.69) is 62.0 Å². The van der Waals surface area contributed by atoms with Crippen LogP contribution in [0.15, 0.2) is 47.3 Å². The molecule has 0 bridgehead atoms. The molecule has 1 aliphatic carbocycles. The van der Waals surface area contributed by atoms with E-state index in [1.165, 1.54) is 47.5 Å². The van der Waals surface area contributed by atoms with Crippen LogP contribution in [0.5, 0.6) is 0 Å². The van der Waals surface area contributed by atoms with Crippen molar-refractivity contribution in [3.63, 3.8) is 0 Å². The van der Waals surface area contributed by atoms with Gasteiger partial charge in [0.05, 0.1) is 6.20 Å². The molecule has 1 aliphatic rings. The van der Waals surface area contributed by atoms with E-state index in [9.17, 15) is 4.79 Å². The molecule has 0 saturated heterocycles. The molecule has 0 spiro atoms. The molecule has 2 heterocycles. The Bertz CT molecular complexity index is 1080. The van der Waals surface area contributed by atoms with Crippen LogP contribution in [0.2, 0.25) is 0 Å². The number of nitrogens with zero attached hydrogens (tertiary/aromatic N) is 2. The van der Waals surface area contributed by atoms with Crippen LogP contribution < -0.4 is 5.32 Å². The molecule has 3 aromatic rings. The Morgan fingerprint density at radius 2 is 1.77 bits per heavy atom. The van der Waals surface area contributed by atoms with Crippen molar-refractivity contribution in [2.24, 2.45) is 0 Å². The van der Waals surface area contributed by atoms with Crippen molar-refractivity contribution in [3.8, 4) is 0 Å². The number of fused-ring (bicyclic) bond motifs is 1. The van der Waals surface area contributed by atoms with E-state index < -0.39 is 0 Å². The molecule has 5 heteroatoms. The summed E-state index contributed by atoms with van der Waals surface area (Å²) in [5.41, 5.74) is 5.77. The Morgan fingerprint density at radius 1 is 1.07 bits per heavy atom. The van der Waals surface area contributed by atoms with Gasteiger partial charge in [-0.15, -0.1) is 0 Å². The molecule has 0 unspecified atom stereocenters. The number of benzene rings is 1. The van der Waals surface area contributed by atoms with E-state index in [-0.39, 0.29) is 22.5 Å². The largest absolute Gasteiger partial charge is 0.456 e. The minimum Gasteiger partial charge on any atom is -0.456 e. The van der Waals surface area contributed by atoms with Crippen molar-refractivity contribution in [2.75, 3.05) is 5.32 Å². The lowest BCUT2D eigenvalue weighted by atomic mass is 9.62. The van der Waals surface area contributed by atoms with E-state index >= 15 is 0 Å². The number of furan rings is 1. The van der Waals surface area contributed by atoms with Crippen molar-refractivity contribution >= 4 is 11.7 Å². The van der Waals surface area contributed by atoms with Crippen LogP contribution in [-0.4, -0.2) is 15.9 Å². The molecule has 2 aromatic heterocycles. The van der Waals surface area contributed by atoms with Crippen LogP contribution in [0.3, 0.4) is 0 Å². The van der Waals surface area contributed by atoms with E-state index in [0.717, 1.165) is 5.76 Å². The first-order chi connectivity index (χ1) is 14.2. The summed E-state index contributed by atoms with van der Waals surface area (Å²) in [4.78, 5) is 20.4. The highest BCUT2D eigenvalue weighted by Gasteiger charge is 2.37. The van der Waals surface area contributed by atoms with Crippen LogP contribution in [0, 0.1) is 6.92 Å². The standard InChI is InChI=1S/C25H29N3O2/c1-16-12-19-20(25(4,5)9-8-24(19,2)3)14-17(16)13-18-6-7-21(30-18)23(29)28-22-15-26-10-11-27-22/h6-7,10-12,14-15H,8-9,13H2,1-5H3,(H,27,28,29). The molecule has 5 nitrogen and oxygen atoms in total. The van der Waals surface area contributed by atoms with E-state index in [0.29, 0.717) is 12.2 Å². The van der Waals surface area contributed by atoms with Crippen LogP contribution in [0.25, 0.3) is 0 Å². The number of nitrogens with one attached hydrogen (secondary N) is 1. The van der Waals surface area contributed by atoms with Crippen molar-refractivity contribution in [1.29, 1.82) is 0 Å². The van der Waals surface area contributed by atoms with Gasteiger partial charge in [0.15, 0.2) is 11.6 Å². The molecule has 0 radical (unpaired) electrons. The Labute approximate surface area is 177 Å². The molecule has 1 aromatic carbocycles. The lowest BCUT2D eigenvalue weighted by Crippen LogP contribution is -2.34. The van der Waals surface area contributed by atoms with Crippen molar-refractivity contribution < 1.29 is 9.21 Å². The monoisotopic (exact) mass is 403 g/mol. The highest BCUT2D eigenvalue weighted by atomic mass is 16.3. The van der Waals surface area contributed by atoms with Gasteiger partial charge in [0.2, 0.25) is 0 Å². The second-order valence-corrected chi connectivity index (χ2v) is 9.58. The second kappa shape index (κ2) is 7.38. The topological polar surface area (TPSA) is 68.0 Å². The first kappa shape index (κ1) is 20.3. The number of hydrogen-bond donors (Lipinski definition) is 1. The average molecular weight is 404 g/mol. The molecule has 1 amide bonds. The molecule has 0 fully saturated rings. The minimum absolute atomic E-state index is 0.165. The summed E-state index contributed by atoms with van der Waals surface area (Å²) in [6, 6.07) is 8.30. The molecule has 156 valence electrons. The number of amides is 1. The Balaban J connectivity index is 1.58. The van der Waals surface area contributed by atoms with Crippen LogP contribution in [0.1, 0.15) is 79.1 Å². The second-order valence-electron chi connectivity index (χ2n) is 9.58. The van der Waals surface area contributed by atoms with Gasteiger partial charge in [0.1, 0.15) is 5.76 Å². The van der Waals surface area contributed by atoms with Gasteiger partial charge >= 0.3 is 0 Å². The van der Waals surface area contributed by atoms with Gasteiger partial charge in [-0.3, -0.25) is 9.78 Å². The predicted molar refractivity (Wildman–Crippen MR) is 118 cm³/mol. The summed E-state index contributed by atoms with van der Waals surface area (Å²) >= 11 is 0. The summed E-state index contributed by atoms with van der Waals surface area (Å²) in [6.45, 7) is 11.5. The molecule has 0 saturated carbocycles. The maximum absolute atomic E-state index is 12.4. The first-order valence-corrected chi connectivity index (χ1v) is 10.5. The summed E-state index contributed by atoms with van der Waals surface area (Å²) < 4.78 is 5.85. The third kappa shape index (κ3) is 3.89. The number of rotatable bonds is 4. The fourth-order valence-electron chi connectivity index (χ4n) is 4.28. The smallest absolute Gasteiger partial charge is 0.292 e. The maximum Gasteiger partial charge on any atom is 0.292 e. The van der Waals surface area contributed by atoms with Crippen LogP contribution >= 0.6 is 0 Å². The molecular formula is C25H29N3O2. The number of aryl methyl sites for hydroxylation is 1. The Hall–Kier alpha value is -2.95. The molecule has 0 atom stereocenters. The van der Waals surface area contributed by atoms with Crippen molar-refractivity contribution in [2.45, 2.75) is 64.7 Å². The minimum atomic E-state index is -0.327. The van der Waals surface area contributed by atoms with Gasteiger partial charge < -0.3 is 9.73 Å². The van der Waals surface area contributed by atoms with Gasteiger partial charge in [-0.2, -0.15) is 0 Å². The van der Waals surface area contributed by atoms with Gasteiger partial charge in [-0.25, -0.2) is 4.98 Å². The normalized spacial score (nSPS) is 16.7. The average Bonchev–Trinajstić information content (AvgIpc) is 3.16. The third-order valence-corrected chi connectivity index (χ3v) is 6.36. The zero-order chi connectivity index (χ0) is 21.5. The lowest BCUT2D eigenvalue weighted by molar-refractivity contribution is 0.0994. The van der Waals surface area contributed by atoms with E-state index in [1.54, 1.807) is 12.3 Å². The lowest BCUT2D eigenvalue weighted by Gasteiger charge is -2.42. The SMILES string of the molecule is Cc1cc2c(cc1Cc1ccc(C(=O)Nc3cnccn3)o1)C(C)(C)CCC2(C)C. The first-order valence-electron chi connectivity index (χ1n) is 10.5. The van der Waals surface area contributed by atoms with Gasteiger partial charge in [-0.1, -0.05) is 39.8 Å². The predicted octanol–water partition coefficient (Wildman–Crippen LogP) is 5.57. The number of anilines is 1. The zero-order valence-electron chi connectivity index (χ0n) is 18.4. The number of aromatic nitrogens is 2. The Kier molecular flexibility index (Phi) is 5.00. The quantitative estimate of drug-likeness (QED) is 0.618. The Morgan fingerprint density at radius 3 is 2.43 bits per heavy atom. The molecular weight excluding hydrogens is 374 g/mol. The highest BCUT2D eigenvalue weighted by Crippen LogP contribution is 2.46. The fourth-order valence-corrected chi connectivity index (χ4v) is 4.28. The van der Waals surface area contributed by atoms with Crippen LogP contribution in [-0.2, 0) is 17.3 Å². The van der Waals surface area contributed by atoms with E-state index in [4.69, 9.17) is 4.42 Å². The zero-order valence-corrected chi connectivity index (χ0v) is 18.4. The van der Waals surface area contributed by atoms with Crippen molar-refractivity contribution in [3.05, 3.63) is 76.6 Å². The molecule has 30 heavy (non-hydrogen) atoms. The fraction of sp³-hybridized carbons (Fsp3) is 0.400. The molecule has 4 rings (SSSR count). The molecule has 1 N–H and O–H groups in total. The summed E-state index contributed by atoms with van der Waals surface area (Å²) in [6.07, 6.45) is 7.64. The summed E-state index contributed by atoms with van der Waals surface area (Å²) in [5.74, 6) is 1.12. The van der Waals surface area contributed by atoms with Crippen molar-refractivity contribution in [1.82, 2.24) is 9.97 Å². The van der Waals surface area contributed by atoms with E-state index in [1.807, 2.05) is 6.07 Å². The van der Waals surface area contributed by atoms with Gasteiger partial charge in [0.25, 0.3) is 5.91 Å². The summed E-state index contributed by atoms with van der Waals surface area (Å²) in [7, 11) is 0. The highest BCUT2D eigenvalue weighted by molar-refractivity contribution is 6.01. The third-order valence-electron chi connectivity index (χ3n) is 6.36. The van der Waals surface area contributed by atoms with Gasteiger partial charge in [0, 0.05) is 18.8 Å². The summed E-state index contributed by atoms with van der Waals surface area (Å²) in [5, 5.41) is 2.70. The number of carbonyl (C=O) groups excluding carboxylic acids is 1. The maximum atomic E-state index is 12.4. The number of carbonyl (C=O) groups is 1. The van der Waals surface area contributed by atoms with Crippen LogP contribution in [0.4, 0.5) is 5.82 Å². The van der Waals surface area contributed by atoms with Gasteiger partial charge in [-0.05, 0) is 65.0 Å². The molecule has 0 aliphatic heterocycles. The number of hydrogen-bond acceptors (Lipinski definition) is 4.